The van der Waals surface area contributed by atoms with Gasteiger partial charge in [0.15, 0.2) is 15.5 Å². The zero-order valence-electron chi connectivity index (χ0n) is 16.1. The smallest absolute Gasteiger partial charge is 0.276 e. The Labute approximate surface area is 160 Å². The van der Waals surface area contributed by atoms with E-state index in [1.54, 1.807) is 18.7 Å². The zero-order valence-corrected chi connectivity index (χ0v) is 16.9. The first-order valence-electron chi connectivity index (χ1n) is 9.31. The van der Waals surface area contributed by atoms with Crippen molar-refractivity contribution in [3.8, 4) is 5.69 Å². The van der Waals surface area contributed by atoms with Gasteiger partial charge in [0.2, 0.25) is 0 Å². The summed E-state index contributed by atoms with van der Waals surface area (Å²) < 4.78 is 25.0. The molecule has 0 N–H and O–H groups in total. The number of carbonyl (C=O) groups excluding carboxylic acids is 1. The molecule has 1 aliphatic heterocycles. The van der Waals surface area contributed by atoms with Crippen LogP contribution in [0.2, 0.25) is 0 Å². The van der Waals surface area contributed by atoms with Crippen molar-refractivity contribution in [3.05, 3.63) is 41.2 Å². The topological polar surface area (TPSA) is 85.2 Å². The third-order valence-electron chi connectivity index (χ3n) is 5.17. The van der Waals surface area contributed by atoms with Gasteiger partial charge in [-0.25, -0.2) is 13.1 Å². The number of sulfone groups is 1. The summed E-state index contributed by atoms with van der Waals surface area (Å²) in [5.74, 6) is -0.145. The van der Waals surface area contributed by atoms with Crippen molar-refractivity contribution in [2.75, 3.05) is 18.6 Å². The molecule has 0 bridgehead atoms. The van der Waals surface area contributed by atoms with Crippen LogP contribution in [0.5, 0.6) is 0 Å². The average molecular weight is 391 g/mol. The Bertz CT molecular complexity index is 919. The van der Waals surface area contributed by atoms with Crippen LogP contribution in [0.3, 0.4) is 0 Å². The molecular formula is C19H26N4O3S. The molecule has 7 nitrogen and oxygen atoms in total. The van der Waals surface area contributed by atoms with E-state index in [4.69, 9.17) is 0 Å². The number of benzene rings is 1. The molecule has 1 atom stereocenters. The fourth-order valence-electron chi connectivity index (χ4n) is 3.37. The number of aromatic nitrogens is 3. The molecular weight excluding hydrogens is 364 g/mol. The average Bonchev–Trinajstić information content (AvgIpc) is 3.21. The van der Waals surface area contributed by atoms with E-state index in [-0.39, 0.29) is 29.1 Å². The number of hydrogen-bond acceptors (Lipinski definition) is 5. The predicted molar refractivity (Wildman–Crippen MR) is 104 cm³/mol. The molecule has 1 aliphatic rings. The van der Waals surface area contributed by atoms with Gasteiger partial charge in [0.25, 0.3) is 5.91 Å². The summed E-state index contributed by atoms with van der Waals surface area (Å²) in [6.07, 6.45) is 3.83. The minimum Gasteiger partial charge on any atom is -0.336 e. The Hall–Kier alpha value is -2.22. The van der Waals surface area contributed by atoms with Crippen LogP contribution in [0.25, 0.3) is 5.69 Å². The molecule has 0 radical (unpaired) electrons. The number of amides is 1. The van der Waals surface area contributed by atoms with E-state index in [2.05, 4.69) is 29.4 Å². The largest absolute Gasteiger partial charge is 0.336 e. The van der Waals surface area contributed by atoms with E-state index in [9.17, 15) is 13.2 Å². The van der Waals surface area contributed by atoms with E-state index in [0.29, 0.717) is 12.1 Å². The summed E-state index contributed by atoms with van der Waals surface area (Å²) in [6, 6.07) is 7.80. The Morgan fingerprint density at radius 2 is 2.00 bits per heavy atom. The maximum Gasteiger partial charge on any atom is 0.276 e. The lowest BCUT2D eigenvalue weighted by Gasteiger charge is -2.22. The Morgan fingerprint density at radius 1 is 1.30 bits per heavy atom. The van der Waals surface area contributed by atoms with Gasteiger partial charge in [0.05, 0.1) is 22.9 Å². The molecule has 2 aromatic rings. The predicted octanol–water partition coefficient (Wildman–Crippen LogP) is 2.18. The highest BCUT2D eigenvalue weighted by Gasteiger charge is 2.34. The van der Waals surface area contributed by atoms with Crippen LogP contribution in [0.15, 0.2) is 24.3 Å². The highest BCUT2D eigenvalue weighted by Crippen LogP contribution is 2.20. The molecule has 0 spiro atoms. The van der Waals surface area contributed by atoms with Gasteiger partial charge in [-0.15, -0.1) is 5.10 Å². The van der Waals surface area contributed by atoms with Crippen molar-refractivity contribution < 1.29 is 13.2 Å². The number of hydrogen-bond donors (Lipinski definition) is 0. The van der Waals surface area contributed by atoms with Gasteiger partial charge in [0, 0.05) is 13.1 Å². The molecule has 1 aromatic carbocycles. The van der Waals surface area contributed by atoms with Gasteiger partial charge in [0.1, 0.15) is 0 Å². The maximum absolute atomic E-state index is 12.8. The molecule has 146 valence electrons. The summed E-state index contributed by atoms with van der Waals surface area (Å²) in [7, 11) is -1.42. The van der Waals surface area contributed by atoms with Crippen LogP contribution >= 0.6 is 0 Å². The molecule has 1 saturated heterocycles. The fourth-order valence-corrected chi connectivity index (χ4v) is 5.14. The van der Waals surface area contributed by atoms with E-state index >= 15 is 0 Å². The molecule has 1 aromatic heterocycles. The highest BCUT2D eigenvalue weighted by atomic mass is 32.2. The van der Waals surface area contributed by atoms with E-state index in [1.165, 1.54) is 10.5 Å². The molecule has 3 rings (SSSR count). The minimum absolute atomic E-state index is 0.0155. The monoisotopic (exact) mass is 390 g/mol. The van der Waals surface area contributed by atoms with Crippen molar-refractivity contribution in [2.45, 2.75) is 45.6 Å². The molecule has 0 aliphatic carbocycles. The second-order valence-electron chi connectivity index (χ2n) is 7.18. The van der Waals surface area contributed by atoms with Crippen LogP contribution in [0, 0.1) is 6.92 Å². The first kappa shape index (κ1) is 19.5. The Kier molecular flexibility index (Phi) is 5.64. The lowest BCUT2D eigenvalue weighted by molar-refractivity contribution is 0.0741. The molecule has 0 saturated carbocycles. The maximum atomic E-state index is 12.8. The second kappa shape index (κ2) is 7.80. The molecule has 1 fully saturated rings. The first-order valence-corrected chi connectivity index (χ1v) is 11.1. The fraction of sp³-hybridized carbons (Fsp3) is 0.526. The summed E-state index contributed by atoms with van der Waals surface area (Å²) in [6.45, 7) is 3.97. The summed E-state index contributed by atoms with van der Waals surface area (Å²) in [5, 5.41) is 8.20. The first-order chi connectivity index (χ1) is 12.8. The van der Waals surface area contributed by atoms with Gasteiger partial charge in [-0.1, -0.05) is 30.7 Å². The second-order valence-corrected chi connectivity index (χ2v) is 9.41. The van der Waals surface area contributed by atoms with Gasteiger partial charge in [-0.3, -0.25) is 4.79 Å². The van der Waals surface area contributed by atoms with Crippen LogP contribution in [-0.4, -0.2) is 58.8 Å². The van der Waals surface area contributed by atoms with Crippen molar-refractivity contribution in [2.24, 2.45) is 0 Å². The number of unbranched alkanes of at least 4 members (excludes halogenated alkanes) is 1. The minimum atomic E-state index is -3.05. The van der Waals surface area contributed by atoms with Crippen molar-refractivity contribution >= 4 is 15.7 Å². The van der Waals surface area contributed by atoms with Gasteiger partial charge in [-0.2, -0.15) is 0 Å². The summed E-state index contributed by atoms with van der Waals surface area (Å²) in [4.78, 5) is 14.3. The van der Waals surface area contributed by atoms with Crippen LogP contribution in [-0.2, 0) is 16.3 Å². The lowest BCUT2D eigenvalue weighted by Crippen LogP contribution is -2.38. The zero-order chi connectivity index (χ0) is 19.6. The quantitative estimate of drug-likeness (QED) is 0.755. The van der Waals surface area contributed by atoms with Gasteiger partial charge >= 0.3 is 0 Å². The number of rotatable bonds is 6. The standard InChI is InChI=1S/C19H26N4O3S/c1-4-5-6-15-7-9-16(10-8-15)23-14(2)18(20-21-23)19(24)22(3)17-11-12-27(25,26)13-17/h7-10,17H,4-6,11-13H2,1-3H3/t17-/m1/s1. The highest BCUT2D eigenvalue weighted by molar-refractivity contribution is 7.91. The van der Waals surface area contributed by atoms with Crippen molar-refractivity contribution in [1.82, 2.24) is 19.9 Å². The molecule has 27 heavy (non-hydrogen) atoms. The normalized spacial score (nSPS) is 18.6. The number of nitrogens with zero attached hydrogens (tertiary/aromatic N) is 4. The summed E-state index contributed by atoms with van der Waals surface area (Å²) >= 11 is 0. The molecule has 0 unspecified atom stereocenters. The summed E-state index contributed by atoms with van der Waals surface area (Å²) in [5.41, 5.74) is 3.04. The van der Waals surface area contributed by atoms with E-state index < -0.39 is 9.84 Å². The van der Waals surface area contributed by atoms with E-state index in [1.807, 2.05) is 12.1 Å². The number of aryl methyl sites for hydroxylation is 1. The van der Waals surface area contributed by atoms with Crippen LogP contribution < -0.4 is 0 Å². The van der Waals surface area contributed by atoms with E-state index in [0.717, 1.165) is 24.9 Å². The SMILES string of the molecule is CCCCc1ccc(-n2nnc(C(=O)N(C)[C@@H]3CCS(=O)(=O)C3)c2C)cc1. The van der Waals surface area contributed by atoms with Crippen LogP contribution in [0.4, 0.5) is 0 Å². The molecule has 2 heterocycles. The Balaban J connectivity index is 1.77. The third kappa shape index (κ3) is 4.21. The molecule has 1 amide bonds. The molecule has 8 heteroatoms. The Morgan fingerprint density at radius 3 is 2.59 bits per heavy atom. The van der Waals surface area contributed by atoms with Gasteiger partial charge in [-0.05, 0) is 43.9 Å². The van der Waals surface area contributed by atoms with Crippen molar-refractivity contribution in [1.29, 1.82) is 0 Å². The lowest BCUT2D eigenvalue weighted by atomic mass is 10.1. The third-order valence-corrected chi connectivity index (χ3v) is 6.92. The number of carbonyl (C=O) groups is 1. The van der Waals surface area contributed by atoms with Crippen LogP contribution in [0.1, 0.15) is 47.9 Å². The van der Waals surface area contributed by atoms with Crippen molar-refractivity contribution in [3.63, 3.8) is 0 Å². The van der Waals surface area contributed by atoms with Gasteiger partial charge < -0.3 is 4.90 Å².